The normalized spacial score (nSPS) is 10.1. The summed E-state index contributed by atoms with van der Waals surface area (Å²) in [6.07, 6.45) is -0.181. The highest BCUT2D eigenvalue weighted by Gasteiger charge is 2.09. The van der Waals surface area contributed by atoms with Gasteiger partial charge in [0, 0.05) is 5.56 Å². The number of nitrogens with two attached hydrogens (primary N) is 1. The van der Waals surface area contributed by atoms with E-state index in [1.165, 1.54) is 6.07 Å². The van der Waals surface area contributed by atoms with Crippen molar-refractivity contribution < 1.29 is 32.2 Å². The molecule has 9 heteroatoms. The van der Waals surface area contributed by atoms with E-state index < -0.39 is 22.3 Å². The highest BCUT2D eigenvalue weighted by Crippen LogP contribution is 2.08. The number of carbonyl (C=O) groups is 2. The molecule has 0 unspecified atom stereocenters. The molecular weight excluding hydrogens is 266 g/mol. The van der Waals surface area contributed by atoms with Gasteiger partial charge in [0.2, 0.25) is 5.91 Å². The average molecular weight is 277 g/mol. The molecule has 1 aromatic rings. The van der Waals surface area contributed by atoms with Crippen molar-refractivity contribution >= 4 is 22.3 Å². The van der Waals surface area contributed by atoms with Crippen LogP contribution in [0.3, 0.4) is 0 Å². The van der Waals surface area contributed by atoms with Gasteiger partial charge in [0.15, 0.2) is 0 Å². The van der Waals surface area contributed by atoms with Crippen LogP contribution in [0.5, 0.6) is 0 Å². The van der Waals surface area contributed by atoms with E-state index in [1.54, 1.807) is 18.2 Å². The first-order valence-electron chi connectivity index (χ1n) is 4.40. The second-order valence-corrected chi connectivity index (χ2v) is 3.94. The first-order valence-corrected chi connectivity index (χ1v) is 5.80. The molecular formula is C9H11NO7S. The van der Waals surface area contributed by atoms with E-state index in [4.69, 9.17) is 28.4 Å². The van der Waals surface area contributed by atoms with Crippen LogP contribution < -0.4 is 5.73 Å². The van der Waals surface area contributed by atoms with E-state index in [2.05, 4.69) is 0 Å². The number of amides is 1. The van der Waals surface area contributed by atoms with Gasteiger partial charge in [-0.2, -0.15) is 8.42 Å². The molecule has 8 nitrogen and oxygen atoms in total. The minimum atomic E-state index is -4.67. The van der Waals surface area contributed by atoms with Crippen LogP contribution in [0.4, 0.5) is 0 Å². The SMILES string of the molecule is NC(=O)c1ccccc1CC(=O)O.O=S(=O)(O)O. The number of carboxylic acid groups (broad SMARTS) is 1. The maximum Gasteiger partial charge on any atom is 0.394 e. The van der Waals surface area contributed by atoms with Crippen LogP contribution in [-0.4, -0.2) is 34.5 Å². The van der Waals surface area contributed by atoms with E-state index in [0.29, 0.717) is 5.56 Å². The Bertz CT molecular complexity index is 530. The Morgan fingerprint density at radius 2 is 1.61 bits per heavy atom. The zero-order chi connectivity index (χ0) is 14.3. The van der Waals surface area contributed by atoms with Gasteiger partial charge in [0.25, 0.3) is 0 Å². The van der Waals surface area contributed by atoms with E-state index >= 15 is 0 Å². The number of carboxylic acids is 1. The van der Waals surface area contributed by atoms with Crippen molar-refractivity contribution in [3.63, 3.8) is 0 Å². The molecule has 0 heterocycles. The molecule has 0 bridgehead atoms. The first-order chi connectivity index (χ1) is 8.11. The molecule has 0 aliphatic rings. The molecule has 0 fully saturated rings. The number of primary amides is 1. The van der Waals surface area contributed by atoms with Crippen molar-refractivity contribution in [2.24, 2.45) is 5.73 Å². The fourth-order valence-corrected chi connectivity index (χ4v) is 1.08. The zero-order valence-electron chi connectivity index (χ0n) is 8.98. The molecule has 5 N–H and O–H groups in total. The van der Waals surface area contributed by atoms with Gasteiger partial charge in [0.05, 0.1) is 6.42 Å². The van der Waals surface area contributed by atoms with Gasteiger partial charge in [0.1, 0.15) is 0 Å². The van der Waals surface area contributed by atoms with Gasteiger partial charge < -0.3 is 10.8 Å². The standard InChI is InChI=1S/C9H9NO3.H2O4S/c10-9(13)7-4-2-1-3-6(7)5-8(11)12;1-5(2,3)4/h1-4H,5H2,(H2,10,13)(H,11,12);(H2,1,2,3,4). The molecule has 0 aliphatic heterocycles. The summed E-state index contributed by atoms with van der Waals surface area (Å²) in [5.41, 5.74) is 5.77. The Balaban J connectivity index is 0.000000494. The lowest BCUT2D eigenvalue weighted by Gasteiger charge is -2.02. The second kappa shape index (κ2) is 6.69. The number of aliphatic carboxylic acids is 1. The maximum absolute atomic E-state index is 10.8. The molecule has 0 spiro atoms. The molecule has 18 heavy (non-hydrogen) atoms. The van der Waals surface area contributed by atoms with Crippen molar-refractivity contribution in [2.75, 3.05) is 0 Å². The summed E-state index contributed by atoms with van der Waals surface area (Å²) in [7, 11) is -4.67. The highest BCUT2D eigenvalue weighted by molar-refractivity contribution is 7.79. The van der Waals surface area contributed by atoms with Gasteiger partial charge in [-0.05, 0) is 11.6 Å². The third-order valence-electron chi connectivity index (χ3n) is 1.62. The Hall–Kier alpha value is -1.97. The van der Waals surface area contributed by atoms with E-state index in [-0.39, 0.29) is 12.0 Å². The lowest BCUT2D eigenvalue weighted by Crippen LogP contribution is -2.15. The van der Waals surface area contributed by atoms with E-state index in [1.807, 2.05) is 0 Å². The van der Waals surface area contributed by atoms with Crippen LogP contribution in [0.1, 0.15) is 15.9 Å². The van der Waals surface area contributed by atoms with Crippen LogP contribution >= 0.6 is 0 Å². The summed E-state index contributed by atoms with van der Waals surface area (Å²) in [6.45, 7) is 0. The van der Waals surface area contributed by atoms with Crippen LogP contribution in [0.2, 0.25) is 0 Å². The van der Waals surface area contributed by atoms with Crippen molar-refractivity contribution in [2.45, 2.75) is 6.42 Å². The van der Waals surface area contributed by atoms with Gasteiger partial charge in [-0.15, -0.1) is 0 Å². The maximum atomic E-state index is 10.8. The number of benzene rings is 1. The van der Waals surface area contributed by atoms with Gasteiger partial charge in [-0.3, -0.25) is 18.7 Å². The van der Waals surface area contributed by atoms with Gasteiger partial charge in [-0.25, -0.2) is 0 Å². The quantitative estimate of drug-likeness (QED) is 0.555. The smallest absolute Gasteiger partial charge is 0.394 e. The Kier molecular flexibility index (Phi) is 5.96. The lowest BCUT2D eigenvalue weighted by molar-refractivity contribution is -0.136. The monoisotopic (exact) mass is 277 g/mol. The molecule has 0 saturated carbocycles. The second-order valence-electron chi connectivity index (χ2n) is 3.04. The molecule has 100 valence electrons. The number of hydrogen-bond donors (Lipinski definition) is 4. The highest BCUT2D eigenvalue weighted by atomic mass is 32.3. The molecule has 1 rings (SSSR count). The molecule has 0 aliphatic carbocycles. The number of rotatable bonds is 3. The van der Waals surface area contributed by atoms with E-state index in [9.17, 15) is 9.59 Å². The van der Waals surface area contributed by atoms with Crippen molar-refractivity contribution in [1.29, 1.82) is 0 Å². The molecule has 1 aromatic carbocycles. The first kappa shape index (κ1) is 16.0. The molecule has 0 radical (unpaired) electrons. The predicted octanol–water partition coefficient (Wildman–Crippen LogP) is -0.240. The third-order valence-corrected chi connectivity index (χ3v) is 1.62. The summed E-state index contributed by atoms with van der Waals surface area (Å²) >= 11 is 0. The summed E-state index contributed by atoms with van der Waals surface area (Å²) in [5, 5.41) is 8.52. The van der Waals surface area contributed by atoms with Crippen LogP contribution in [0, 0.1) is 0 Å². The fourth-order valence-electron chi connectivity index (χ4n) is 1.08. The molecule has 0 atom stereocenters. The minimum Gasteiger partial charge on any atom is -0.481 e. The van der Waals surface area contributed by atoms with Crippen LogP contribution in [0.15, 0.2) is 24.3 Å². The van der Waals surface area contributed by atoms with Crippen LogP contribution in [0.25, 0.3) is 0 Å². The van der Waals surface area contributed by atoms with Gasteiger partial charge >= 0.3 is 16.4 Å². The molecule has 0 saturated heterocycles. The lowest BCUT2D eigenvalue weighted by atomic mass is 10.0. The summed E-state index contributed by atoms with van der Waals surface area (Å²) in [6, 6.07) is 6.41. The summed E-state index contributed by atoms with van der Waals surface area (Å²) in [5.74, 6) is -1.58. The van der Waals surface area contributed by atoms with E-state index in [0.717, 1.165) is 0 Å². The van der Waals surface area contributed by atoms with Crippen molar-refractivity contribution in [3.8, 4) is 0 Å². The van der Waals surface area contributed by atoms with Crippen LogP contribution in [-0.2, 0) is 21.6 Å². The zero-order valence-corrected chi connectivity index (χ0v) is 9.79. The van der Waals surface area contributed by atoms with Crippen molar-refractivity contribution in [1.82, 2.24) is 0 Å². The summed E-state index contributed by atoms with van der Waals surface area (Å²) < 4.78 is 31.6. The number of carbonyl (C=O) groups excluding carboxylic acids is 1. The Morgan fingerprint density at radius 3 is 2.00 bits per heavy atom. The molecule has 1 amide bonds. The average Bonchev–Trinajstić information content (AvgIpc) is 2.14. The minimum absolute atomic E-state index is 0.181. The molecule has 0 aromatic heterocycles. The topological polar surface area (TPSA) is 155 Å². The predicted molar refractivity (Wildman–Crippen MR) is 60.5 cm³/mol. The fraction of sp³-hybridized carbons (Fsp3) is 0.111. The third kappa shape index (κ3) is 8.21. The Morgan fingerprint density at radius 1 is 1.17 bits per heavy atom. The van der Waals surface area contributed by atoms with Gasteiger partial charge in [-0.1, -0.05) is 18.2 Å². The van der Waals surface area contributed by atoms with Crippen molar-refractivity contribution in [3.05, 3.63) is 35.4 Å². The summed E-state index contributed by atoms with van der Waals surface area (Å²) in [4.78, 5) is 21.2. The Labute approximate surface area is 103 Å². The largest absolute Gasteiger partial charge is 0.481 e. The number of hydrogen-bond acceptors (Lipinski definition) is 4.